The summed E-state index contributed by atoms with van der Waals surface area (Å²) in [5.41, 5.74) is 1.00. The van der Waals surface area contributed by atoms with E-state index in [-0.39, 0.29) is 6.10 Å². The van der Waals surface area contributed by atoms with Crippen molar-refractivity contribution in [3.63, 3.8) is 0 Å². The van der Waals surface area contributed by atoms with E-state index in [9.17, 15) is 4.79 Å². The highest BCUT2D eigenvalue weighted by Crippen LogP contribution is 2.21. The average Bonchev–Trinajstić information content (AvgIpc) is 2.29. The molecule has 4 heteroatoms. The molecule has 0 fully saturated rings. The average molecular weight is 251 g/mol. The minimum absolute atomic E-state index is 0.105. The lowest BCUT2D eigenvalue weighted by molar-refractivity contribution is -0.142. The number of hydrogen-bond donors (Lipinski definition) is 1. The van der Waals surface area contributed by atoms with Crippen molar-refractivity contribution in [2.75, 3.05) is 7.05 Å². The van der Waals surface area contributed by atoms with Crippen molar-refractivity contribution in [1.29, 1.82) is 0 Å². The quantitative estimate of drug-likeness (QED) is 0.843. The van der Waals surface area contributed by atoms with E-state index in [1.54, 1.807) is 18.9 Å². The number of carboxylic acids is 1. The number of carboxylic acid groups (broad SMARTS) is 1. The van der Waals surface area contributed by atoms with Gasteiger partial charge in [-0.2, -0.15) is 0 Å². The standard InChI is InChI=1S/C14H21NO3/c1-10(2)18-13-8-6-5-7-12(13)9-15(4)11(3)14(16)17/h5-8,10-11H,9H2,1-4H3,(H,16,17). The second-order valence-corrected chi connectivity index (χ2v) is 4.70. The fraction of sp³-hybridized carbons (Fsp3) is 0.500. The third-order valence-electron chi connectivity index (χ3n) is 2.77. The second-order valence-electron chi connectivity index (χ2n) is 4.70. The van der Waals surface area contributed by atoms with Gasteiger partial charge in [-0.3, -0.25) is 9.69 Å². The summed E-state index contributed by atoms with van der Waals surface area (Å²) in [6.45, 7) is 6.17. The molecule has 0 radical (unpaired) electrons. The van der Waals surface area contributed by atoms with Crippen LogP contribution in [0.5, 0.6) is 5.75 Å². The molecule has 0 aromatic heterocycles. The van der Waals surface area contributed by atoms with Crippen molar-refractivity contribution in [3.05, 3.63) is 29.8 Å². The minimum atomic E-state index is -0.820. The van der Waals surface area contributed by atoms with Gasteiger partial charge in [-0.1, -0.05) is 18.2 Å². The third kappa shape index (κ3) is 4.04. The third-order valence-corrected chi connectivity index (χ3v) is 2.77. The molecule has 1 rings (SSSR count). The Balaban J connectivity index is 2.80. The van der Waals surface area contributed by atoms with Crippen molar-refractivity contribution < 1.29 is 14.6 Å². The lowest BCUT2D eigenvalue weighted by Crippen LogP contribution is -2.35. The first-order chi connectivity index (χ1) is 8.41. The van der Waals surface area contributed by atoms with Crippen molar-refractivity contribution in [2.24, 2.45) is 0 Å². The summed E-state index contributed by atoms with van der Waals surface area (Å²) in [7, 11) is 1.80. The Bertz CT molecular complexity index is 404. The molecule has 1 aromatic carbocycles. The van der Waals surface area contributed by atoms with E-state index in [0.29, 0.717) is 6.54 Å². The monoisotopic (exact) mass is 251 g/mol. The van der Waals surface area contributed by atoms with E-state index in [0.717, 1.165) is 11.3 Å². The predicted molar refractivity (Wildman–Crippen MR) is 70.8 cm³/mol. The zero-order chi connectivity index (χ0) is 13.7. The second kappa shape index (κ2) is 6.40. The lowest BCUT2D eigenvalue weighted by Gasteiger charge is -2.23. The van der Waals surface area contributed by atoms with Gasteiger partial charge >= 0.3 is 5.97 Å². The molecule has 0 aliphatic carbocycles. The Morgan fingerprint density at radius 2 is 1.94 bits per heavy atom. The summed E-state index contributed by atoms with van der Waals surface area (Å²) >= 11 is 0. The highest BCUT2D eigenvalue weighted by atomic mass is 16.5. The van der Waals surface area contributed by atoms with E-state index in [4.69, 9.17) is 9.84 Å². The van der Waals surface area contributed by atoms with Crippen LogP contribution < -0.4 is 4.74 Å². The molecular formula is C14H21NO3. The van der Waals surface area contributed by atoms with Crippen LogP contribution >= 0.6 is 0 Å². The van der Waals surface area contributed by atoms with Crippen LogP contribution in [-0.4, -0.2) is 35.2 Å². The van der Waals surface area contributed by atoms with Gasteiger partial charge in [0, 0.05) is 12.1 Å². The van der Waals surface area contributed by atoms with Crippen LogP contribution in [-0.2, 0) is 11.3 Å². The van der Waals surface area contributed by atoms with Gasteiger partial charge in [0.15, 0.2) is 0 Å². The van der Waals surface area contributed by atoms with Crippen LogP contribution in [0.1, 0.15) is 26.3 Å². The number of benzene rings is 1. The Labute approximate surface area is 108 Å². The predicted octanol–water partition coefficient (Wildman–Crippen LogP) is 2.38. The molecule has 1 N–H and O–H groups in total. The molecule has 0 heterocycles. The summed E-state index contributed by atoms with van der Waals surface area (Å²) in [5.74, 6) is -0.00306. The summed E-state index contributed by atoms with van der Waals surface area (Å²) in [6, 6.07) is 7.21. The topological polar surface area (TPSA) is 49.8 Å². The first kappa shape index (κ1) is 14.5. The fourth-order valence-electron chi connectivity index (χ4n) is 1.60. The molecule has 0 aliphatic rings. The van der Waals surface area contributed by atoms with E-state index < -0.39 is 12.0 Å². The number of para-hydroxylation sites is 1. The van der Waals surface area contributed by atoms with Crippen LogP contribution in [0, 0.1) is 0 Å². The Hall–Kier alpha value is -1.55. The number of likely N-dealkylation sites (N-methyl/N-ethyl adjacent to an activating group) is 1. The molecule has 1 atom stereocenters. The van der Waals surface area contributed by atoms with Crippen LogP contribution in [0.15, 0.2) is 24.3 Å². The molecule has 0 amide bonds. The smallest absolute Gasteiger partial charge is 0.320 e. The molecule has 0 saturated heterocycles. The van der Waals surface area contributed by atoms with Gasteiger partial charge in [0.2, 0.25) is 0 Å². The molecule has 0 aliphatic heterocycles. The van der Waals surface area contributed by atoms with Crippen LogP contribution in [0.3, 0.4) is 0 Å². The number of hydrogen-bond acceptors (Lipinski definition) is 3. The van der Waals surface area contributed by atoms with Gasteiger partial charge in [-0.25, -0.2) is 0 Å². The zero-order valence-electron chi connectivity index (χ0n) is 11.4. The number of rotatable bonds is 6. The Morgan fingerprint density at radius 1 is 1.33 bits per heavy atom. The summed E-state index contributed by atoms with van der Waals surface area (Å²) in [4.78, 5) is 12.7. The Morgan fingerprint density at radius 3 is 2.50 bits per heavy atom. The lowest BCUT2D eigenvalue weighted by atomic mass is 10.1. The summed E-state index contributed by atoms with van der Waals surface area (Å²) < 4.78 is 5.71. The molecule has 0 spiro atoms. The molecule has 100 valence electrons. The van der Waals surface area contributed by atoms with Gasteiger partial charge in [0.1, 0.15) is 11.8 Å². The van der Waals surface area contributed by atoms with Gasteiger partial charge in [-0.05, 0) is 33.9 Å². The fourth-order valence-corrected chi connectivity index (χ4v) is 1.60. The van der Waals surface area contributed by atoms with E-state index in [1.807, 2.05) is 38.1 Å². The highest BCUT2D eigenvalue weighted by Gasteiger charge is 2.18. The maximum Gasteiger partial charge on any atom is 0.320 e. The molecule has 18 heavy (non-hydrogen) atoms. The van der Waals surface area contributed by atoms with Crippen molar-refractivity contribution in [3.8, 4) is 5.75 Å². The number of ether oxygens (including phenoxy) is 1. The normalized spacial score (nSPS) is 12.8. The van der Waals surface area contributed by atoms with Crippen molar-refractivity contribution >= 4 is 5.97 Å². The minimum Gasteiger partial charge on any atom is -0.491 e. The van der Waals surface area contributed by atoms with E-state index >= 15 is 0 Å². The van der Waals surface area contributed by atoms with E-state index in [1.165, 1.54) is 0 Å². The van der Waals surface area contributed by atoms with Crippen molar-refractivity contribution in [2.45, 2.75) is 39.5 Å². The maximum atomic E-state index is 10.9. The van der Waals surface area contributed by atoms with Gasteiger partial charge < -0.3 is 9.84 Å². The van der Waals surface area contributed by atoms with Crippen LogP contribution in [0.4, 0.5) is 0 Å². The number of aliphatic carboxylic acids is 1. The first-order valence-corrected chi connectivity index (χ1v) is 6.09. The highest BCUT2D eigenvalue weighted by molar-refractivity contribution is 5.72. The number of carbonyl (C=O) groups is 1. The first-order valence-electron chi connectivity index (χ1n) is 6.09. The van der Waals surface area contributed by atoms with E-state index in [2.05, 4.69) is 0 Å². The molecule has 4 nitrogen and oxygen atoms in total. The molecule has 0 bridgehead atoms. The van der Waals surface area contributed by atoms with Crippen LogP contribution in [0.25, 0.3) is 0 Å². The van der Waals surface area contributed by atoms with Gasteiger partial charge in [0.25, 0.3) is 0 Å². The molecule has 1 aromatic rings. The largest absolute Gasteiger partial charge is 0.491 e. The molecule has 1 unspecified atom stereocenters. The summed E-state index contributed by atoms with van der Waals surface area (Å²) in [6.07, 6.45) is 0.105. The molecular weight excluding hydrogens is 230 g/mol. The molecule has 0 saturated carbocycles. The number of nitrogens with zero attached hydrogens (tertiary/aromatic N) is 1. The summed E-state index contributed by atoms with van der Waals surface area (Å²) in [5, 5.41) is 8.97. The van der Waals surface area contributed by atoms with Crippen molar-refractivity contribution in [1.82, 2.24) is 4.90 Å². The van der Waals surface area contributed by atoms with Crippen LogP contribution in [0.2, 0.25) is 0 Å². The SMILES string of the molecule is CC(C)Oc1ccccc1CN(C)C(C)C(=O)O. The maximum absolute atomic E-state index is 10.9. The van der Waals surface area contributed by atoms with Gasteiger partial charge in [0.05, 0.1) is 6.10 Å². The van der Waals surface area contributed by atoms with Gasteiger partial charge in [-0.15, -0.1) is 0 Å². The Kier molecular flexibility index (Phi) is 5.16. The zero-order valence-corrected chi connectivity index (χ0v) is 11.4.